The second-order valence-electron chi connectivity index (χ2n) is 5.25. The van der Waals surface area contributed by atoms with Crippen LogP contribution in [0.3, 0.4) is 0 Å². The maximum absolute atomic E-state index is 13.8. The Morgan fingerprint density at radius 1 is 1.26 bits per heavy atom. The summed E-state index contributed by atoms with van der Waals surface area (Å²) in [6.45, 7) is 8.26. The standard InChI is InChI=1S/C16H21FN2/c1-5-14-7-6-13(9-16(14)17)8-15-10-18-19(11(2)3)12(15)4/h6-7,9-11H,5,8H2,1-4H3. The lowest BCUT2D eigenvalue weighted by Crippen LogP contribution is -2.05. The summed E-state index contributed by atoms with van der Waals surface area (Å²) in [5.74, 6) is -0.103. The van der Waals surface area contributed by atoms with Gasteiger partial charge in [0.1, 0.15) is 5.82 Å². The molecule has 1 aromatic heterocycles. The second-order valence-corrected chi connectivity index (χ2v) is 5.25. The van der Waals surface area contributed by atoms with Gasteiger partial charge in [0, 0.05) is 18.2 Å². The van der Waals surface area contributed by atoms with Crippen LogP contribution in [0, 0.1) is 12.7 Å². The molecule has 2 nitrogen and oxygen atoms in total. The van der Waals surface area contributed by atoms with Crippen molar-refractivity contribution in [2.45, 2.75) is 46.6 Å². The predicted molar refractivity (Wildman–Crippen MR) is 75.9 cm³/mol. The zero-order valence-electron chi connectivity index (χ0n) is 12.1. The van der Waals surface area contributed by atoms with Crippen molar-refractivity contribution < 1.29 is 4.39 Å². The molecular formula is C16H21FN2. The molecule has 0 saturated carbocycles. The molecule has 0 aliphatic carbocycles. The van der Waals surface area contributed by atoms with Crippen molar-refractivity contribution in [2.24, 2.45) is 0 Å². The molecule has 102 valence electrons. The lowest BCUT2D eigenvalue weighted by Gasteiger charge is -2.09. The third-order valence-electron chi connectivity index (χ3n) is 3.53. The summed E-state index contributed by atoms with van der Waals surface area (Å²) >= 11 is 0. The topological polar surface area (TPSA) is 17.8 Å². The highest BCUT2D eigenvalue weighted by Crippen LogP contribution is 2.18. The normalized spacial score (nSPS) is 11.3. The van der Waals surface area contributed by atoms with E-state index < -0.39 is 0 Å². The van der Waals surface area contributed by atoms with Crippen LogP contribution in [0.15, 0.2) is 24.4 Å². The monoisotopic (exact) mass is 260 g/mol. The minimum atomic E-state index is -0.103. The SMILES string of the molecule is CCc1ccc(Cc2cnn(C(C)C)c2C)cc1F. The zero-order chi connectivity index (χ0) is 14.0. The molecule has 3 heteroatoms. The Morgan fingerprint density at radius 3 is 2.53 bits per heavy atom. The van der Waals surface area contributed by atoms with Gasteiger partial charge in [-0.3, -0.25) is 4.68 Å². The van der Waals surface area contributed by atoms with Crippen molar-refractivity contribution in [2.75, 3.05) is 0 Å². The highest BCUT2D eigenvalue weighted by atomic mass is 19.1. The molecular weight excluding hydrogens is 239 g/mol. The Hall–Kier alpha value is -1.64. The average Bonchev–Trinajstić information content (AvgIpc) is 2.71. The van der Waals surface area contributed by atoms with Crippen molar-refractivity contribution >= 4 is 0 Å². The number of hydrogen-bond acceptors (Lipinski definition) is 1. The number of halogens is 1. The molecule has 1 aromatic carbocycles. The van der Waals surface area contributed by atoms with E-state index in [0.717, 1.165) is 35.2 Å². The third kappa shape index (κ3) is 2.86. The van der Waals surface area contributed by atoms with Crippen molar-refractivity contribution in [3.63, 3.8) is 0 Å². The molecule has 2 aromatic rings. The van der Waals surface area contributed by atoms with E-state index in [9.17, 15) is 4.39 Å². The summed E-state index contributed by atoms with van der Waals surface area (Å²) < 4.78 is 15.8. The van der Waals surface area contributed by atoms with E-state index in [1.165, 1.54) is 0 Å². The van der Waals surface area contributed by atoms with Gasteiger partial charge in [0.05, 0.1) is 6.20 Å². The van der Waals surface area contributed by atoms with E-state index in [0.29, 0.717) is 6.04 Å². The summed E-state index contributed by atoms with van der Waals surface area (Å²) in [5, 5.41) is 4.39. The summed E-state index contributed by atoms with van der Waals surface area (Å²) in [6.07, 6.45) is 3.36. The first kappa shape index (κ1) is 13.8. The Morgan fingerprint density at radius 2 is 2.00 bits per heavy atom. The fourth-order valence-electron chi connectivity index (χ4n) is 2.36. The quantitative estimate of drug-likeness (QED) is 0.810. The number of rotatable bonds is 4. The van der Waals surface area contributed by atoms with Gasteiger partial charge in [0.25, 0.3) is 0 Å². The molecule has 0 amide bonds. The molecule has 1 heterocycles. The summed E-state index contributed by atoms with van der Waals surface area (Å²) in [5.41, 5.74) is 4.10. The fourth-order valence-corrected chi connectivity index (χ4v) is 2.36. The predicted octanol–water partition coefficient (Wildman–Crippen LogP) is 4.06. The van der Waals surface area contributed by atoms with Gasteiger partial charge >= 0.3 is 0 Å². The molecule has 2 rings (SSSR count). The maximum atomic E-state index is 13.8. The Bertz CT molecular complexity index is 570. The number of aryl methyl sites for hydroxylation is 1. The number of nitrogens with zero attached hydrogens (tertiary/aromatic N) is 2. The van der Waals surface area contributed by atoms with Crippen LogP contribution in [0.1, 0.15) is 49.2 Å². The highest BCUT2D eigenvalue weighted by molar-refractivity contribution is 5.30. The van der Waals surface area contributed by atoms with Crippen molar-refractivity contribution in [1.82, 2.24) is 9.78 Å². The van der Waals surface area contributed by atoms with Crippen LogP contribution in [-0.4, -0.2) is 9.78 Å². The van der Waals surface area contributed by atoms with E-state index in [1.54, 1.807) is 6.07 Å². The maximum Gasteiger partial charge on any atom is 0.126 e. The van der Waals surface area contributed by atoms with Gasteiger partial charge in [-0.2, -0.15) is 5.10 Å². The molecule has 0 bridgehead atoms. The van der Waals surface area contributed by atoms with Gasteiger partial charge in [-0.05, 0) is 49.9 Å². The van der Waals surface area contributed by atoms with Gasteiger partial charge < -0.3 is 0 Å². The highest BCUT2D eigenvalue weighted by Gasteiger charge is 2.10. The van der Waals surface area contributed by atoms with Crippen molar-refractivity contribution in [3.05, 3.63) is 52.6 Å². The molecule has 0 atom stereocenters. The summed E-state index contributed by atoms with van der Waals surface area (Å²) in [7, 11) is 0. The molecule has 0 radical (unpaired) electrons. The lowest BCUT2D eigenvalue weighted by molar-refractivity contribution is 0.518. The first-order valence-corrected chi connectivity index (χ1v) is 6.83. The molecule has 19 heavy (non-hydrogen) atoms. The van der Waals surface area contributed by atoms with Crippen molar-refractivity contribution in [1.29, 1.82) is 0 Å². The molecule has 0 saturated heterocycles. The summed E-state index contributed by atoms with van der Waals surface area (Å²) in [4.78, 5) is 0. The van der Waals surface area contributed by atoms with Crippen LogP contribution in [0.2, 0.25) is 0 Å². The molecule has 0 aliphatic heterocycles. The molecule has 0 aliphatic rings. The van der Waals surface area contributed by atoms with Gasteiger partial charge in [-0.25, -0.2) is 4.39 Å². The minimum absolute atomic E-state index is 0.103. The lowest BCUT2D eigenvalue weighted by atomic mass is 10.0. The Balaban J connectivity index is 2.24. The number of benzene rings is 1. The fraction of sp³-hybridized carbons (Fsp3) is 0.438. The minimum Gasteiger partial charge on any atom is -0.267 e. The van der Waals surface area contributed by atoms with Crippen LogP contribution in [0.25, 0.3) is 0 Å². The molecule has 0 spiro atoms. The smallest absolute Gasteiger partial charge is 0.126 e. The second kappa shape index (κ2) is 5.55. The third-order valence-corrected chi connectivity index (χ3v) is 3.53. The largest absolute Gasteiger partial charge is 0.267 e. The molecule has 0 N–H and O–H groups in total. The van der Waals surface area contributed by atoms with Crippen LogP contribution in [0.5, 0.6) is 0 Å². The molecule has 0 fully saturated rings. The van der Waals surface area contributed by atoms with Gasteiger partial charge in [0.2, 0.25) is 0 Å². The van der Waals surface area contributed by atoms with Crippen LogP contribution >= 0.6 is 0 Å². The number of hydrogen-bond donors (Lipinski definition) is 0. The number of aromatic nitrogens is 2. The van der Waals surface area contributed by atoms with E-state index in [1.807, 2.05) is 29.9 Å². The van der Waals surface area contributed by atoms with Crippen LogP contribution in [0.4, 0.5) is 4.39 Å². The van der Waals surface area contributed by atoms with Crippen LogP contribution in [-0.2, 0) is 12.8 Å². The van der Waals surface area contributed by atoms with E-state index in [2.05, 4.69) is 25.9 Å². The first-order valence-electron chi connectivity index (χ1n) is 6.83. The van der Waals surface area contributed by atoms with E-state index in [-0.39, 0.29) is 5.82 Å². The van der Waals surface area contributed by atoms with Gasteiger partial charge in [-0.1, -0.05) is 19.1 Å². The van der Waals surface area contributed by atoms with Gasteiger partial charge in [-0.15, -0.1) is 0 Å². The first-order chi connectivity index (χ1) is 9.02. The van der Waals surface area contributed by atoms with Crippen LogP contribution < -0.4 is 0 Å². The Labute approximate surface area is 114 Å². The van der Waals surface area contributed by atoms with E-state index >= 15 is 0 Å². The van der Waals surface area contributed by atoms with Gasteiger partial charge in [0.15, 0.2) is 0 Å². The summed E-state index contributed by atoms with van der Waals surface area (Å²) in [6, 6.07) is 5.89. The zero-order valence-corrected chi connectivity index (χ0v) is 12.1. The molecule has 0 unspecified atom stereocenters. The Kier molecular flexibility index (Phi) is 4.03. The average molecular weight is 260 g/mol. The van der Waals surface area contributed by atoms with E-state index in [4.69, 9.17) is 0 Å². The van der Waals surface area contributed by atoms with Crippen molar-refractivity contribution in [3.8, 4) is 0 Å².